The number of imide groups is 2. The maximum atomic E-state index is 12.2. The number of carbonyl (C=O) groups is 4. The summed E-state index contributed by atoms with van der Waals surface area (Å²) < 4.78 is 0. The number of urea groups is 1. The first-order chi connectivity index (χ1) is 10.8. The summed E-state index contributed by atoms with van der Waals surface area (Å²) in [6.07, 6.45) is 4.20. The van der Waals surface area contributed by atoms with Crippen molar-refractivity contribution in [2.75, 3.05) is 13.1 Å². The van der Waals surface area contributed by atoms with Crippen molar-refractivity contribution in [3.8, 4) is 0 Å². The smallest absolute Gasteiger partial charge is 0.334 e. The highest BCUT2D eigenvalue weighted by Gasteiger charge is 2.45. The zero-order chi connectivity index (χ0) is 17.1. The van der Waals surface area contributed by atoms with E-state index in [2.05, 4.69) is 12.2 Å². The number of hydrogen-bond acceptors (Lipinski definition) is 4. The Kier molecular flexibility index (Phi) is 5.38. The minimum atomic E-state index is -0.914. The molecule has 2 fully saturated rings. The maximum Gasteiger partial charge on any atom is 0.334 e. The third kappa shape index (κ3) is 3.89. The summed E-state index contributed by atoms with van der Waals surface area (Å²) in [6, 6.07) is -0.618. The minimum absolute atomic E-state index is 0.0626. The molecule has 0 unspecified atom stereocenters. The number of hydrogen-bond donors (Lipinski definition) is 1. The predicted molar refractivity (Wildman–Crippen MR) is 83.2 cm³/mol. The lowest BCUT2D eigenvalue weighted by Crippen LogP contribution is -2.47. The van der Waals surface area contributed by atoms with Crippen LogP contribution < -0.4 is 5.32 Å². The van der Waals surface area contributed by atoms with E-state index < -0.39 is 17.8 Å². The van der Waals surface area contributed by atoms with Gasteiger partial charge in [0.1, 0.15) is 6.54 Å². The second kappa shape index (κ2) is 7.10. The number of nitrogens with zero attached hydrogens (tertiary/aromatic N) is 2. The average molecular weight is 323 g/mol. The Hall–Kier alpha value is -1.92. The van der Waals surface area contributed by atoms with Crippen molar-refractivity contribution >= 4 is 23.8 Å². The largest absolute Gasteiger partial charge is 0.352 e. The molecule has 1 heterocycles. The second-order valence-corrected chi connectivity index (χ2v) is 6.92. The number of carbonyl (C=O) groups excluding carboxylic acids is 4. The molecule has 23 heavy (non-hydrogen) atoms. The van der Waals surface area contributed by atoms with E-state index in [0.29, 0.717) is 5.92 Å². The molecule has 0 radical (unpaired) electrons. The van der Waals surface area contributed by atoms with Gasteiger partial charge in [-0.3, -0.25) is 19.3 Å². The fourth-order valence-electron chi connectivity index (χ4n) is 3.14. The van der Waals surface area contributed by atoms with Gasteiger partial charge in [0.2, 0.25) is 5.91 Å². The zero-order valence-corrected chi connectivity index (χ0v) is 14.0. The van der Waals surface area contributed by atoms with Crippen LogP contribution in [0.2, 0.25) is 0 Å². The molecule has 0 spiro atoms. The van der Waals surface area contributed by atoms with Gasteiger partial charge in [-0.1, -0.05) is 33.6 Å². The molecule has 7 heteroatoms. The highest BCUT2D eigenvalue weighted by atomic mass is 16.2. The van der Waals surface area contributed by atoms with Gasteiger partial charge in [0.15, 0.2) is 0 Å². The monoisotopic (exact) mass is 323 g/mol. The summed E-state index contributed by atoms with van der Waals surface area (Å²) in [4.78, 5) is 49.8. The summed E-state index contributed by atoms with van der Waals surface area (Å²) in [5.74, 6) is -1.70. The fourth-order valence-corrected chi connectivity index (χ4v) is 3.14. The summed E-state index contributed by atoms with van der Waals surface area (Å²) >= 11 is 0. The molecule has 0 bridgehead atoms. The number of rotatable bonds is 5. The summed E-state index contributed by atoms with van der Waals surface area (Å²) in [5.41, 5.74) is 0. The van der Waals surface area contributed by atoms with Crippen molar-refractivity contribution in [3.63, 3.8) is 0 Å². The molecular weight excluding hydrogens is 298 g/mol. The van der Waals surface area contributed by atoms with E-state index in [1.807, 2.05) is 13.8 Å². The van der Waals surface area contributed by atoms with Gasteiger partial charge in [-0.2, -0.15) is 0 Å². The van der Waals surface area contributed by atoms with Crippen LogP contribution in [0.4, 0.5) is 4.79 Å². The predicted octanol–water partition coefficient (Wildman–Crippen LogP) is 1.13. The molecular formula is C16H25N3O4. The summed E-state index contributed by atoms with van der Waals surface area (Å²) in [7, 11) is 0. The Morgan fingerprint density at radius 1 is 1.13 bits per heavy atom. The topological polar surface area (TPSA) is 86.8 Å². The first-order valence-corrected chi connectivity index (χ1v) is 8.28. The minimum Gasteiger partial charge on any atom is -0.352 e. The van der Waals surface area contributed by atoms with Crippen LogP contribution in [0.1, 0.15) is 46.5 Å². The van der Waals surface area contributed by atoms with Crippen LogP contribution in [0.3, 0.4) is 0 Å². The third-order valence-corrected chi connectivity index (χ3v) is 4.44. The van der Waals surface area contributed by atoms with Gasteiger partial charge < -0.3 is 5.32 Å². The summed E-state index contributed by atoms with van der Waals surface area (Å²) in [6.45, 7) is 5.59. The molecule has 1 aliphatic heterocycles. The van der Waals surface area contributed by atoms with Crippen molar-refractivity contribution in [2.45, 2.75) is 52.5 Å². The molecule has 5 amide bonds. The molecule has 1 saturated carbocycles. The number of amides is 5. The van der Waals surface area contributed by atoms with Gasteiger partial charge in [-0.05, 0) is 24.7 Å². The molecule has 0 aromatic heterocycles. The van der Waals surface area contributed by atoms with Crippen LogP contribution >= 0.6 is 0 Å². The normalized spacial score (nSPS) is 25.5. The van der Waals surface area contributed by atoms with E-state index in [1.54, 1.807) is 0 Å². The Labute approximate surface area is 136 Å². The van der Waals surface area contributed by atoms with Crippen molar-refractivity contribution in [1.29, 1.82) is 0 Å². The molecule has 2 rings (SSSR count). The Balaban J connectivity index is 1.96. The molecule has 2 aliphatic rings. The molecule has 128 valence electrons. The highest BCUT2D eigenvalue weighted by Crippen LogP contribution is 2.23. The standard InChI is InChI=1S/C16H25N3O4/c1-10(2)8-18-14(21)15(22)19(16(18)23)9-13(20)17-12-7-5-4-6-11(12)3/h10-12H,4-9H2,1-3H3,(H,17,20)/t11-,12-/m1/s1. The van der Waals surface area contributed by atoms with Crippen molar-refractivity contribution < 1.29 is 19.2 Å². The molecule has 1 aliphatic carbocycles. The highest BCUT2D eigenvalue weighted by molar-refractivity contribution is 6.45. The molecule has 1 N–H and O–H groups in total. The van der Waals surface area contributed by atoms with Gasteiger partial charge in [0.25, 0.3) is 0 Å². The average Bonchev–Trinajstić information content (AvgIpc) is 2.67. The van der Waals surface area contributed by atoms with Crippen LogP contribution in [0.25, 0.3) is 0 Å². The third-order valence-electron chi connectivity index (χ3n) is 4.44. The van der Waals surface area contributed by atoms with E-state index in [4.69, 9.17) is 0 Å². The van der Waals surface area contributed by atoms with Gasteiger partial charge in [-0.25, -0.2) is 9.69 Å². The lowest BCUT2D eigenvalue weighted by atomic mass is 9.86. The van der Waals surface area contributed by atoms with Crippen LogP contribution in [-0.2, 0) is 14.4 Å². The Bertz CT molecular complexity index is 517. The van der Waals surface area contributed by atoms with Crippen LogP contribution in [0, 0.1) is 11.8 Å². The van der Waals surface area contributed by atoms with Gasteiger partial charge in [-0.15, -0.1) is 0 Å². The quantitative estimate of drug-likeness (QED) is 0.607. The lowest BCUT2D eigenvalue weighted by Gasteiger charge is -2.29. The maximum absolute atomic E-state index is 12.2. The molecule has 0 aromatic carbocycles. The van der Waals surface area contributed by atoms with Crippen molar-refractivity contribution in [3.05, 3.63) is 0 Å². The van der Waals surface area contributed by atoms with Gasteiger partial charge in [0, 0.05) is 12.6 Å². The molecule has 0 aromatic rings. The SMILES string of the molecule is CC(C)CN1C(=O)C(=O)N(CC(=O)N[C@@H]2CCCC[C@H]2C)C1=O. The van der Waals surface area contributed by atoms with Gasteiger partial charge in [0.05, 0.1) is 0 Å². The lowest BCUT2D eigenvalue weighted by molar-refractivity contribution is -0.144. The first kappa shape index (κ1) is 17.4. The fraction of sp³-hybridized carbons (Fsp3) is 0.750. The van der Waals surface area contributed by atoms with E-state index in [-0.39, 0.29) is 31.0 Å². The Morgan fingerprint density at radius 2 is 1.74 bits per heavy atom. The molecule has 2 atom stereocenters. The van der Waals surface area contributed by atoms with Crippen molar-refractivity contribution in [1.82, 2.24) is 15.1 Å². The number of nitrogens with one attached hydrogen (secondary N) is 1. The van der Waals surface area contributed by atoms with Crippen molar-refractivity contribution in [2.24, 2.45) is 11.8 Å². The Morgan fingerprint density at radius 3 is 2.35 bits per heavy atom. The van der Waals surface area contributed by atoms with Gasteiger partial charge >= 0.3 is 17.8 Å². The van der Waals surface area contributed by atoms with Crippen LogP contribution in [-0.4, -0.2) is 52.7 Å². The zero-order valence-electron chi connectivity index (χ0n) is 14.0. The van der Waals surface area contributed by atoms with E-state index in [0.717, 1.165) is 35.5 Å². The molecule has 1 saturated heterocycles. The van der Waals surface area contributed by atoms with E-state index in [1.165, 1.54) is 0 Å². The van der Waals surface area contributed by atoms with Crippen LogP contribution in [0.5, 0.6) is 0 Å². The van der Waals surface area contributed by atoms with E-state index >= 15 is 0 Å². The second-order valence-electron chi connectivity index (χ2n) is 6.92. The molecule has 7 nitrogen and oxygen atoms in total. The van der Waals surface area contributed by atoms with Crippen LogP contribution in [0.15, 0.2) is 0 Å². The van der Waals surface area contributed by atoms with E-state index in [9.17, 15) is 19.2 Å². The first-order valence-electron chi connectivity index (χ1n) is 8.28. The summed E-state index contributed by atoms with van der Waals surface area (Å²) in [5, 5.41) is 2.89.